The van der Waals surface area contributed by atoms with Crippen molar-refractivity contribution >= 4 is 0 Å². The van der Waals surface area contributed by atoms with Crippen LogP contribution in [0.15, 0.2) is 78.9 Å². The molecule has 4 nitrogen and oxygen atoms in total. The minimum Gasteiger partial charge on any atom is -0.232 e. The minimum absolute atomic E-state index is 0.617. The van der Waals surface area contributed by atoms with Crippen LogP contribution in [0, 0.1) is 29.6 Å². The van der Waals surface area contributed by atoms with E-state index in [0.717, 1.165) is 33.8 Å². The Hall–Kier alpha value is -4.15. The lowest BCUT2D eigenvalue weighted by molar-refractivity contribution is 0.869. The number of aryl methyl sites for hydroxylation is 1. The van der Waals surface area contributed by atoms with Crippen LogP contribution in [-0.4, -0.2) is 9.78 Å². The van der Waals surface area contributed by atoms with Crippen LogP contribution in [0.4, 0.5) is 0 Å². The average Bonchev–Trinajstić information content (AvgIpc) is 3.11. The van der Waals surface area contributed by atoms with Gasteiger partial charge < -0.3 is 0 Å². The number of nitriles is 2. The largest absolute Gasteiger partial charge is 0.232 e. The number of para-hydroxylation sites is 1. The van der Waals surface area contributed by atoms with Gasteiger partial charge in [0.25, 0.3) is 0 Å². The summed E-state index contributed by atoms with van der Waals surface area (Å²) in [5.74, 6) is 0. The summed E-state index contributed by atoms with van der Waals surface area (Å²) >= 11 is 0. The van der Waals surface area contributed by atoms with Gasteiger partial charge >= 0.3 is 0 Å². The summed E-state index contributed by atoms with van der Waals surface area (Å²) in [6.45, 7) is 1.99. The maximum atomic E-state index is 9.12. The molecular formula is C24H16N4. The molecule has 0 radical (unpaired) electrons. The first-order valence-electron chi connectivity index (χ1n) is 8.87. The van der Waals surface area contributed by atoms with E-state index in [1.54, 1.807) is 0 Å². The number of hydrogen-bond donors (Lipinski definition) is 0. The van der Waals surface area contributed by atoms with Crippen LogP contribution in [0.2, 0.25) is 0 Å². The first kappa shape index (κ1) is 17.3. The molecule has 1 aromatic heterocycles. The van der Waals surface area contributed by atoms with Gasteiger partial charge in [0.2, 0.25) is 0 Å². The van der Waals surface area contributed by atoms with Crippen LogP contribution in [0.3, 0.4) is 0 Å². The van der Waals surface area contributed by atoms with Gasteiger partial charge in [-0.15, -0.1) is 0 Å². The third kappa shape index (κ3) is 3.05. The van der Waals surface area contributed by atoms with Gasteiger partial charge in [-0.1, -0.05) is 42.5 Å². The van der Waals surface area contributed by atoms with Crippen LogP contribution in [0.25, 0.3) is 28.1 Å². The molecule has 4 aromatic rings. The number of aromatic nitrogens is 2. The highest BCUT2D eigenvalue weighted by Crippen LogP contribution is 2.36. The molecule has 0 N–H and O–H groups in total. The van der Waals surface area contributed by atoms with Gasteiger partial charge in [0.1, 0.15) is 0 Å². The zero-order valence-electron chi connectivity index (χ0n) is 15.3. The fourth-order valence-electron chi connectivity index (χ4n) is 3.31. The molecule has 3 aromatic carbocycles. The Kier molecular flexibility index (Phi) is 4.46. The molecule has 0 bridgehead atoms. The van der Waals surface area contributed by atoms with E-state index < -0.39 is 0 Å². The molecule has 0 aliphatic heterocycles. The summed E-state index contributed by atoms with van der Waals surface area (Å²) in [5.41, 5.74) is 7.04. The molecule has 28 heavy (non-hydrogen) atoms. The maximum Gasteiger partial charge on any atom is 0.0991 e. The first-order valence-corrected chi connectivity index (χ1v) is 8.87. The van der Waals surface area contributed by atoms with Gasteiger partial charge in [-0.3, -0.25) is 0 Å². The van der Waals surface area contributed by atoms with Crippen molar-refractivity contribution in [2.24, 2.45) is 0 Å². The molecule has 4 heteroatoms. The molecule has 0 atom stereocenters. The standard InChI is InChI=1S/C24H16N4/c1-17-23(20-11-7-18(15-25)8-12-20)24(21-13-9-19(16-26)10-14-21)28(27-17)22-5-3-2-4-6-22/h2-14H,1H3. The number of benzene rings is 3. The molecule has 0 amide bonds. The molecule has 0 aliphatic rings. The van der Waals surface area contributed by atoms with Crippen molar-refractivity contribution in [3.63, 3.8) is 0 Å². The summed E-state index contributed by atoms with van der Waals surface area (Å²) in [6, 6.07) is 29.3. The Morgan fingerprint density at radius 3 is 1.79 bits per heavy atom. The molecule has 4 rings (SSSR count). The summed E-state index contributed by atoms with van der Waals surface area (Å²) in [5, 5.41) is 23.0. The van der Waals surface area contributed by atoms with Crippen LogP contribution in [0.5, 0.6) is 0 Å². The summed E-state index contributed by atoms with van der Waals surface area (Å²) in [6.07, 6.45) is 0. The smallest absolute Gasteiger partial charge is 0.0991 e. The highest BCUT2D eigenvalue weighted by molar-refractivity contribution is 5.84. The zero-order valence-corrected chi connectivity index (χ0v) is 15.3. The Morgan fingerprint density at radius 2 is 1.25 bits per heavy atom. The van der Waals surface area contributed by atoms with Crippen molar-refractivity contribution in [1.29, 1.82) is 10.5 Å². The van der Waals surface area contributed by atoms with Gasteiger partial charge in [0.15, 0.2) is 0 Å². The zero-order chi connectivity index (χ0) is 19.5. The lowest BCUT2D eigenvalue weighted by atomic mass is 9.97. The normalized spacial score (nSPS) is 10.2. The molecule has 0 unspecified atom stereocenters. The lowest BCUT2D eigenvalue weighted by Gasteiger charge is -2.11. The Labute approximate surface area is 163 Å². The number of rotatable bonds is 3. The third-order valence-electron chi connectivity index (χ3n) is 4.65. The summed E-state index contributed by atoms with van der Waals surface area (Å²) < 4.78 is 1.93. The average molecular weight is 360 g/mol. The topological polar surface area (TPSA) is 65.4 Å². The van der Waals surface area contributed by atoms with Crippen LogP contribution in [0.1, 0.15) is 16.8 Å². The Morgan fingerprint density at radius 1 is 0.714 bits per heavy atom. The predicted octanol–water partition coefficient (Wildman–Crippen LogP) is 5.26. The van der Waals surface area contributed by atoms with Gasteiger partial charge in [-0.05, 0) is 48.9 Å². The quantitative estimate of drug-likeness (QED) is 0.501. The SMILES string of the molecule is Cc1nn(-c2ccccc2)c(-c2ccc(C#N)cc2)c1-c1ccc(C#N)cc1. The second kappa shape index (κ2) is 7.23. The molecule has 132 valence electrons. The van der Waals surface area contributed by atoms with Gasteiger partial charge in [0, 0.05) is 11.1 Å². The van der Waals surface area contributed by atoms with Gasteiger partial charge in [-0.2, -0.15) is 15.6 Å². The van der Waals surface area contributed by atoms with Crippen molar-refractivity contribution < 1.29 is 0 Å². The summed E-state index contributed by atoms with van der Waals surface area (Å²) in [4.78, 5) is 0. The molecule has 0 fully saturated rings. The third-order valence-corrected chi connectivity index (χ3v) is 4.65. The highest BCUT2D eigenvalue weighted by Gasteiger charge is 2.19. The maximum absolute atomic E-state index is 9.12. The van der Waals surface area contributed by atoms with E-state index >= 15 is 0 Å². The van der Waals surface area contributed by atoms with Crippen molar-refractivity contribution in [2.45, 2.75) is 6.92 Å². The van der Waals surface area contributed by atoms with Crippen LogP contribution >= 0.6 is 0 Å². The molecule has 0 spiro atoms. The minimum atomic E-state index is 0.617. The molecule has 0 saturated heterocycles. The lowest BCUT2D eigenvalue weighted by Crippen LogP contribution is -1.99. The second-order valence-electron chi connectivity index (χ2n) is 6.43. The van der Waals surface area contributed by atoms with Crippen molar-refractivity contribution in [3.05, 3.63) is 95.7 Å². The molecule has 0 aliphatic carbocycles. The number of hydrogen-bond acceptors (Lipinski definition) is 3. The van der Waals surface area contributed by atoms with Crippen LogP contribution in [-0.2, 0) is 0 Å². The fourth-order valence-corrected chi connectivity index (χ4v) is 3.31. The molecule has 1 heterocycles. The van der Waals surface area contributed by atoms with E-state index in [1.807, 2.05) is 90.5 Å². The van der Waals surface area contributed by atoms with E-state index in [9.17, 15) is 0 Å². The monoisotopic (exact) mass is 360 g/mol. The van der Waals surface area contributed by atoms with Crippen molar-refractivity contribution in [1.82, 2.24) is 9.78 Å². The van der Waals surface area contributed by atoms with Crippen molar-refractivity contribution in [2.75, 3.05) is 0 Å². The fraction of sp³-hybridized carbons (Fsp3) is 0.0417. The molecule has 0 saturated carbocycles. The Balaban J connectivity index is 1.98. The van der Waals surface area contributed by atoms with E-state index in [4.69, 9.17) is 15.6 Å². The predicted molar refractivity (Wildman–Crippen MR) is 109 cm³/mol. The van der Waals surface area contributed by atoms with Gasteiger partial charge in [-0.25, -0.2) is 4.68 Å². The molecular weight excluding hydrogens is 344 g/mol. The van der Waals surface area contributed by atoms with Crippen LogP contribution < -0.4 is 0 Å². The van der Waals surface area contributed by atoms with Crippen molar-refractivity contribution in [3.8, 4) is 40.2 Å². The second-order valence-corrected chi connectivity index (χ2v) is 6.43. The first-order chi connectivity index (χ1) is 13.7. The van der Waals surface area contributed by atoms with E-state index in [1.165, 1.54) is 0 Å². The van der Waals surface area contributed by atoms with E-state index in [2.05, 4.69) is 12.1 Å². The Bertz CT molecular complexity index is 1200. The number of nitrogens with zero attached hydrogens (tertiary/aromatic N) is 4. The summed E-state index contributed by atoms with van der Waals surface area (Å²) in [7, 11) is 0. The van der Waals surface area contributed by atoms with Gasteiger partial charge in [0.05, 0.1) is 40.3 Å². The highest BCUT2D eigenvalue weighted by atomic mass is 15.3. The van der Waals surface area contributed by atoms with E-state index in [0.29, 0.717) is 11.1 Å². The van der Waals surface area contributed by atoms with E-state index in [-0.39, 0.29) is 0 Å².